The lowest BCUT2D eigenvalue weighted by Gasteiger charge is -2.19. The van der Waals surface area contributed by atoms with Gasteiger partial charge in [0.2, 0.25) is 0 Å². The standard InChI is InChI=1S/C28H27N3O4/c1-31-25(29-23-15-9-8-14-22(23)28(31)34)16-17-27(33)35-19-26(32)30-24(21-12-6-3-7-13-21)18-20-10-4-2-5-11-20/h2-15,24H,16-19H2,1H3,(H,30,32). The van der Waals surface area contributed by atoms with E-state index in [1.54, 1.807) is 25.2 Å². The first-order valence-electron chi connectivity index (χ1n) is 11.5. The average molecular weight is 470 g/mol. The van der Waals surface area contributed by atoms with Crippen LogP contribution in [0.4, 0.5) is 0 Å². The van der Waals surface area contributed by atoms with E-state index in [0.717, 1.165) is 11.1 Å². The van der Waals surface area contributed by atoms with Gasteiger partial charge in [0.05, 0.1) is 23.4 Å². The smallest absolute Gasteiger partial charge is 0.306 e. The molecule has 1 amide bonds. The molecule has 35 heavy (non-hydrogen) atoms. The van der Waals surface area contributed by atoms with Crippen LogP contribution in [0.15, 0.2) is 89.7 Å². The normalized spacial score (nSPS) is 11.7. The predicted octanol–water partition coefficient (Wildman–Crippen LogP) is 3.51. The molecule has 7 nitrogen and oxygen atoms in total. The predicted molar refractivity (Wildman–Crippen MR) is 134 cm³/mol. The highest BCUT2D eigenvalue weighted by Gasteiger charge is 2.17. The van der Waals surface area contributed by atoms with E-state index in [9.17, 15) is 14.4 Å². The molecule has 0 aliphatic rings. The number of nitrogens with one attached hydrogen (secondary N) is 1. The fourth-order valence-electron chi connectivity index (χ4n) is 3.94. The number of fused-ring (bicyclic) bond motifs is 1. The zero-order valence-electron chi connectivity index (χ0n) is 19.5. The molecule has 7 heteroatoms. The largest absolute Gasteiger partial charge is 0.456 e. The molecule has 1 unspecified atom stereocenters. The molecule has 0 bridgehead atoms. The number of esters is 1. The lowest BCUT2D eigenvalue weighted by Crippen LogP contribution is -2.33. The molecule has 0 fully saturated rings. The Morgan fingerprint density at radius 3 is 2.34 bits per heavy atom. The van der Waals surface area contributed by atoms with Gasteiger partial charge in [-0.3, -0.25) is 19.0 Å². The van der Waals surface area contributed by atoms with Crippen molar-refractivity contribution in [2.75, 3.05) is 6.61 Å². The van der Waals surface area contributed by atoms with E-state index in [1.165, 1.54) is 4.57 Å². The summed E-state index contributed by atoms with van der Waals surface area (Å²) in [5.74, 6) is -0.414. The third-order valence-electron chi connectivity index (χ3n) is 5.81. The van der Waals surface area contributed by atoms with Gasteiger partial charge in [-0.1, -0.05) is 72.8 Å². The summed E-state index contributed by atoms with van der Waals surface area (Å²) in [5.41, 5.74) is 2.49. The quantitative estimate of drug-likeness (QED) is 0.379. The van der Waals surface area contributed by atoms with Crippen molar-refractivity contribution in [2.24, 2.45) is 7.05 Å². The molecule has 1 aromatic heterocycles. The van der Waals surface area contributed by atoms with Crippen LogP contribution in [0.2, 0.25) is 0 Å². The van der Waals surface area contributed by atoms with E-state index < -0.39 is 5.97 Å². The highest BCUT2D eigenvalue weighted by Crippen LogP contribution is 2.18. The third-order valence-corrected chi connectivity index (χ3v) is 5.81. The first-order valence-corrected chi connectivity index (χ1v) is 11.5. The first kappa shape index (κ1) is 23.9. The molecule has 1 atom stereocenters. The van der Waals surface area contributed by atoms with Crippen molar-refractivity contribution in [3.8, 4) is 0 Å². The molecule has 4 aromatic rings. The number of nitrogens with zero attached hydrogens (tertiary/aromatic N) is 2. The van der Waals surface area contributed by atoms with Crippen molar-refractivity contribution in [1.29, 1.82) is 0 Å². The van der Waals surface area contributed by atoms with E-state index in [2.05, 4.69) is 10.3 Å². The lowest BCUT2D eigenvalue weighted by molar-refractivity contribution is -0.148. The zero-order valence-corrected chi connectivity index (χ0v) is 19.5. The summed E-state index contributed by atoms with van der Waals surface area (Å²) >= 11 is 0. The molecule has 0 saturated carbocycles. The van der Waals surface area contributed by atoms with Gasteiger partial charge < -0.3 is 10.1 Å². The maximum absolute atomic E-state index is 12.6. The number of carbonyl (C=O) groups excluding carboxylic acids is 2. The van der Waals surface area contributed by atoms with Crippen molar-refractivity contribution >= 4 is 22.8 Å². The van der Waals surface area contributed by atoms with Crippen LogP contribution in [0.3, 0.4) is 0 Å². The van der Waals surface area contributed by atoms with Crippen LogP contribution >= 0.6 is 0 Å². The topological polar surface area (TPSA) is 90.3 Å². The second-order valence-electron chi connectivity index (χ2n) is 8.29. The average Bonchev–Trinajstić information content (AvgIpc) is 2.89. The van der Waals surface area contributed by atoms with Gasteiger partial charge in [-0.2, -0.15) is 0 Å². The Balaban J connectivity index is 1.33. The van der Waals surface area contributed by atoms with Crippen molar-refractivity contribution < 1.29 is 14.3 Å². The number of hydrogen-bond donors (Lipinski definition) is 1. The Hall–Kier alpha value is -4.26. The van der Waals surface area contributed by atoms with Gasteiger partial charge in [-0.05, 0) is 29.7 Å². The summed E-state index contributed by atoms with van der Waals surface area (Å²) < 4.78 is 6.64. The Morgan fingerprint density at radius 1 is 0.943 bits per heavy atom. The molecule has 0 saturated heterocycles. The van der Waals surface area contributed by atoms with Crippen LogP contribution in [0.25, 0.3) is 10.9 Å². The van der Waals surface area contributed by atoms with Crippen LogP contribution in [0.5, 0.6) is 0 Å². The Morgan fingerprint density at radius 2 is 1.60 bits per heavy atom. The van der Waals surface area contributed by atoms with E-state index in [1.807, 2.05) is 66.7 Å². The molecule has 4 rings (SSSR count). The molecule has 178 valence electrons. The van der Waals surface area contributed by atoms with Crippen LogP contribution in [-0.4, -0.2) is 28.0 Å². The van der Waals surface area contributed by atoms with E-state index in [0.29, 0.717) is 23.1 Å². The lowest BCUT2D eigenvalue weighted by atomic mass is 9.99. The van der Waals surface area contributed by atoms with Crippen molar-refractivity contribution in [2.45, 2.75) is 25.3 Å². The van der Waals surface area contributed by atoms with Gasteiger partial charge in [-0.25, -0.2) is 4.98 Å². The fourth-order valence-corrected chi connectivity index (χ4v) is 3.94. The van der Waals surface area contributed by atoms with E-state index in [4.69, 9.17) is 4.74 Å². The molecular weight excluding hydrogens is 442 g/mol. The molecule has 0 aliphatic carbocycles. The molecule has 0 aliphatic heterocycles. The monoisotopic (exact) mass is 469 g/mol. The number of rotatable bonds is 9. The van der Waals surface area contributed by atoms with E-state index >= 15 is 0 Å². The summed E-state index contributed by atoms with van der Waals surface area (Å²) in [4.78, 5) is 41.9. The SMILES string of the molecule is Cn1c(CCC(=O)OCC(=O)NC(Cc2ccccc2)c2ccccc2)nc2ccccc2c1=O. The number of aromatic nitrogens is 2. The minimum absolute atomic E-state index is 0.0119. The van der Waals surface area contributed by atoms with Gasteiger partial charge in [0, 0.05) is 13.5 Å². The van der Waals surface area contributed by atoms with Crippen molar-refractivity contribution in [3.05, 3.63) is 112 Å². The van der Waals surface area contributed by atoms with Crippen molar-refractivity contribution in [3.63, 3.8) is 0 Å². The second-order valence-corrected chi connectivity index (χ2v) is 8.29. The number of amides is 1. The molecular formula is C28H27N3O4. The number of benzene rings is 3. The second kappa shape index (κ2) is 11.2. The minimum Gasteiger partial charge on any atom is -0.456 e. The van der Waals surface area contributed by atoms with E-state index in [-0.39, 0.29) is 37.0 Å². The van der Waals surface area contributed by atoms with Gasteiger partial charge in [0.15, 0.2) is 6.61 Å². The van der Waals surface area contributed by atoms with Gasteiger partial charge in [0.25, 0.3) is 11.5 Å². The highest BCUT2D eigenvalue weighted by molar-refractivity contribution is 5.81. The third kappa shape index (κ3) is 6.20. The van der Waals surface area contributed by atoms with Gasteiger partial charge >= 0.3 is 5.97 Å². The Labute approximate surface area is 203 Å². The van der Waals surface area contributed by atoms with Crippen molar-refractivity contribution in [1.82, 2.24) is 14.9 Å². The maximum Gasteiger partial charge on any atom is 0.306 e. The first-order chi connectivity index (χ1) is 17.0. The Bertz CT molecular complexity index is 1370. The summed E-state index contributed by atoms with van der Waals surface area (Å²) in [5, 5.41) is 3.50. The van der Waals surface area contributed by atoms with Crippen LogP contribution < -0.4 is 10.9 Å². The number of ether oxygens (including phenoxy) is 1. The van der Waals surface area contributed by atoms with Crippen LogP contribution in [0.1, 0.15) is 29.4 Å². The summed E-state index contributed by atoms with van der Waals surface area (Å²) in [6.45, 7) is -0.374. The number of para-hydroxylation sites is 1. The summed E-state index contributed by atoms with van der Waals surface area (Å²) in [6, 6.07) is 26.4. The fraction of sp³-hybridized carbons (Fsp3) is 0.214. The molecule has 3 aromatic carbocycles. The minimum atomic E-state index is -0.526. The Kier molecular flexibility index (Phi) is 7.67. The number of hydrogen-bond acceptors (Lipinski definition) is 5. The molecule has 1 N–H and O–H groups in total. The molecule has 1 heterocycles. The number of aryl methyl sites for hydroxylation is 1. The van der Waals surface area contributed by atoms with Gasteiger partial charge in [0.1, 0.15) is 5.82 Å². The summed E-state index contributed by atoms with van der Waals surface area (Å²) in [6.07, 6.45) is 0.863. The maximum atomic E-state index is 12.6. The number of carbonyl (C=O) groups is 2. The van der Waals surface area contributed by atoms with Crippen LogP contribution in [-0.2, 0) is 34.2 Å². The highest BCUT2D eigenvalue weighted by atomic mass is 16.5. The summed E-state index contributed by atoms with van der Waals surface area (Å²) in [7, 11) is 1.63. The van der Waals surface area contributed by atoms with Crippen LogP contribution in [0, 0.1) is 0 Å². The zero-order chi connectivity index (χ0) is 24.6. The molecule has 0 radical (unpaired) electrons. The van der Waals surface area contributed by atoms with Gasteiger partial charge in [-0.15, -0.1) is 0 Å². The molecule has 0 spiro atoms.